The molecule has 4 nitrogen and oxygen atoms in total. The van der Waals surface area contributed by atoms with Crippen molar-refractivity contribution in [1.82, 2.24) is 9.80 Å². The van der Waals surface area contributed by atoms with E-state index < -0.39 is 4.87 Å². The highest BCUT2D eigenvalue weighted by atomic mass is 33.1. The Morgan fingerprint density at radius 2 is 1.90 bits per heavy atom. The van der Waals surface area contributed by atoms with Gasteiger partial charge in [-0.15, -0.1) is 0 Å². The summed E-state index contributed by atoms with van der Waals surface area (Å²) in [5, 5.41) is 0.0851. The lowest BCUT2D eigenvalue weighted by Crippen LogP contribution is -2.67. The molecule has 1 aromatic carbocycles. The molecule has 6 heteroatoms. The van der Waals surface area contributed by atoms with Gasteiger partial charge in [-0.25, -0.2) is 0 Å². The first-order valence-corrected chi connectivity index (χ1v) is 9.13. The molecule has 3 aliphatic heterocycles. The van der Waals surface area contributed by atoms with Crippen LogP contribution in [0.15, 0.2) is 30.3 Å². The molecule has 0 saturated carbocycles. The molecule has 0 N–H and O–H groups in total. The molecule has 0 spiro atoms. The van der Waals surface area contributed by atoms with Crippen LogP contribution in [0.4, 0.5) is 0 Å². The maximum absolute atomic E-state index is 12.9. The number of hydrogen-bond acceptors (Lipinski definition) is 4. The van der Waals surface area contributed by atoms with E-state index in [4.69, 9.17) is 0 Å². The molecular formula is C15H18N2O2S2. The Balaban J connectivity index is 2.00. The molecule has 3 fully saturated rings. The summed E-state index contributed by atoms with van der Waals surface area (Å²) in [6, 6.07) is 9.47. The van der Waals surface area contributed by atoms with Crippen molar-refractivity contribution in [3.8, 4) is 0 Å². The molecule has 3 unspecified atom stereocenters. The summed E-state index contributed by atoms with van der Waals surface area (Å²) in [6.45, 7) is 4.36. The summed E-state index contributed by atoms with van der Waals surface area (Å²) in [7, 11) is 4.87. The van der Waals surface area contributed by atoms with Gasteiger partial charge in [-0.1, -0.05) is 51.9 Å². The zero-order valence-corrected chi connectivity index (χ0v) is 13.9. The number of fused-ring (bicyclic) bond motifs is 4. The minimum atomic E-state index is -0.808. The van der Waals surface area contributed by atoms with Gasteiger partial charge in [-0.2, -0.15) is 0 Å². The average molecular weight is 322 g/mol. The van der Waals surface area contributed by atoms with Crippen LogP contribution < -0.4 is 0 Å². The third-order valence-electron chi connectivity index (χ3n) is 4.22. The van der Waals surface area contributed by atoms with Crippen molar-refractivity contribution in [3.05, 3.63) is 35.9 Å². The third kappa shape index (κ3) is 2.25. The van der Waals surface area contributed by atoms with Crippen LogP contribution in [0.25, 0.3) is 0 Å². The van der Waals surface area contributed by atoms with Gasteiger partial charge in [0.2, 0.25) is 5.91 Å². The van der Waals surface area contributed by atoms with Gasteiger partial charge >= 0.3 is 0 Å². The molecule has 3 saturated heterocycles. The highest BCUT2D eigenvalue weighted by molar-refractivity contribution is 8.77. The van der Waals surface area contributed by atoms with Crippen molar-refractivity contribution in [1.29, 1.82) is 0 Å². The number of nitrogens with zero attached hydrogens (tertiary/aromatic N) is 2. The van der Waals surface area contributed by atoms with Crippen molar-refractivity contribution < 1.29 is 9.59 Å². The molecule has 21 heavy (non-hydrogen) atoms. The summed E-state index contributed by atoms with van der Waals surface area (Å²) in [5.41, 5.74) is 1.06. The zero-order chi connectivity index (χ0) is 15.2. The molecule has 0 radical (unpaired) electrons. The van der Waals surface area contributed by atoms with Crippen LogP contribution >= 0.6 is 21.6 Å². The van der Waals surface area contributed by atoms with E-state index in [0.717, 1.165) is 5.56 Å². The molecule has 3 heterocycles. The van der Waals surface area contributed by atoms with Crippen molar-refractivity contribution in [2.24, 2.45) is 0 Å². The van der Waals surface area contributed by atoms with Gasteiger partial charge in [-0.05, 0) is 19.4 Å². The summed E-state index contributed by atoms with van der Waals surface area (Å²) >= 11 is 0. The molecule has 0 aliphatic carbocycles. The largest absolute Gasteiger partial charge is 0.322 e. The number of likely N-dealkylation sites (N-methyl/N-ethyl adjacent to an activating group) is 1. The zero-order valence-electron chi connectivity index (χ0n) is 12.3. The fourth-order valence-electron chi connectivity index (χ4n) is 2.80. The van der Waals surface area contributed by atoms with E-state index in [9.17, 15) is 9.59 Å². The summed E-state index contributed by atoms with van der Waals surface area (Å²) < 4.78 is 0. The van der Waals surface area contributed by atoms with Gasteiger partial charge in [-0.3, -0.25) is 9.59 Å². The highest BCUT2D eigenvalue weighted by Crippen LogP contribution is 2.50. The molecule has 3 atom stereocenters. The molecule has 1 aromatic rings. The van der Waals surface area contributed by atoms with Gasteiger partial charge in [0.25, 0.3) is 5.91 Å². The highest BCUT2D eigenvalue weighted by Gasteiger charge is 2.57. The predicted octanol–water partition coefficient (Wildman–Crippen LogP) is 2.36. The van der Waals surface area contributed by atoms with Crippen molar-refractivity contribution >= 4 is 33.4 Å². The van der Waals surface area contributed by atoms with E-state index in [-0.39, 0.29) is 23.1 Å². The van der Waals surface area contributed by atoms with E-state index in [0.29, 0.717) is 6.54 Å². The summed E-state index contributed by atoms with van der Waals surface area (Å²) in [5.74, 6) is 0.0679. The van der Waals surface area contributed by atoms with Crippen LogP contribution in [-0.4, -0.2) is 44.8 Å². The number of rotatable bonds is 2. The monoisotopic (exact) mass is 322 g/mol. The standard InChI is InChI=1S/C15H18N2O2S2/c1-10-12-13(18)16(3)15(2,21-20-10)14(19)17(12)9-11-7-5-4-6-8-11/h4-8,10,12H,9H2,1-3H3. The predicted molar refractivity (Wildman–Crippen MR) is 86.6 cm³/mol. The second-order valence-electron chi connectivity index (χ2n) is 5.63. The Labute approximate surface area is 132 Å². The van der Waals surface area contributed by atoms with Crippen LogP contribution in [0.5, 0.6) is 0 Å². The van der Waals surface area contributed by atoms with E-state index in [1.165, 1.54) is 10.8 Å². The van der Waals surface area contributed by atoms with E-state index >= 15 is 0 Å². The average Bonchev–Trinajstić information content (AvgIpc) is 2.63. The molecule has 4 rings (SSSR count). The van der Waals surface area contributed by atoms with Crippen molar-refractivity contribution in [3.63, 3.8) is 0 Å². The van der Waals surface area contributed by atoms with Crippen LogP contribution in [0.2, 0.25) is 0 Å². The Morgan fingerprint density at radius 1 is 1.24 bits per heavy atom. The Hall–Kier alpha value is -1.14. The lowest BCUT2D eigenvalue weighted by atomic mass is 10.0. The molecule has 0 aromatic heterocycles. The van der Waals surface area contributed by atoms with Gasteiger partial charge in [0.05, 0.1) is 0 Å². The van der Waals surface area contributed by atoms with Crippen molar-refractivity contribution in [2.45, 2.75) is 36.6 Å². The lowest BCUT2D eigenvalue weighted by Gasteiger charge is -2.46. The molecule has 2 amide bonds. The Bertz CT molecular complexity index is 580. The van der Waals surface area contributed by atoms with Gasteiger partial charge in [0, 0.05) is 18.8 Å². The number of piperazine rings is 1. The number of benzene rings is 1. The third-order valence-corrected chi connectivity index (χ3v) is 7.82. The van der Waals surface area contributed by atoms with Crippen LogP contribution in [0.3, 0.4) is 0 Å². The Morgan fingerprint density at radius 3 is 2.57 bits per heavy atom. The van der Waals surface area contributed by atoms with E-state index in [1.54, 1.807) is 27.6 Å². The number of carbonyl (C=O) groups excluding carboxylic acids is 2. The van der Waals surface area contributed by atoms with Gasteiger partial charge in [0.1, 0.15) is 6.04 Å². The SMILES string of the molecule is CC1SSC2(C)C(=O)N(Cc3ccccc3)C1C(=O)N2C. The van der Waals surface area contributed by atoms with Gasteiger partial charge < -0.3 is 9.80 Å². The van der Waals surface area contributed by atoms with Crippen molar-refractivity contribution in [2.75, 3.05) is 7.05 Å². The second-order valence-corrected chi connectivity index (χ2v) is 8.60. The smallest absolute Gasteiger partial charge is 0.260 e. The quantitative estimate of drug-likeness (QED) is 0.784. The first-order valence-electron chi connectivity index (χ1n) is 6.92. The Kier molecular flexibility index (Phi) is 3.69. The van der Waals surface area contributed by atoms with Crippen LogP contribution in [0.1, 0.15) is 19.4 Å². The minimum absolute atomic E-state index is 0.0281. The van der Waals surface area contributed by atoms with E-state index in [1.807, 2.05) is 44.2 Å². The van der Waals surface area contributed by atoms with E-state index in [2.05, 4.69) is 0 Å². The first-order chi connectivity index (χ1) is 9.95. The molecular weight excluding hydrogens is 304 g/mol. The number of amides is 2. The summed E-state index contributed by atoms with van der Waals surface area (Å²) in [6.07, 6.45) is 0. The maximum atomic E-state index is 12.9. The first kappa shape index (κ1) is 14.8. The number of hydrogen-bond donors (Lipinski definition) is 0. The topological polar surface area (TPSA) is 40.6 Å². The molecule has 3 aliphatic rings. The second kappa shape index (κ2) is 5.25. The fourth-order valence-corrected chi connectivity index (χ4v) is 5.78. The number of carbonyl (C=O) groups is 2. The summed E-state index contributed by atoms with van der Waals surface area (Å²) in [4.78, 5) is 28.2. The molecule has 112 valence electrons. The van der Waals surface area contributed by atoms with Crippen LogP contribution in [-0.2, 0) is 16.1 Å². The normalized spacial score (nSPS) is 32.5. The minimum Gasteiger partial charge on any atom is -0.322 e. The fraction of sp³-hybridized carbons (Fsp3) is 0.467. The van der Waals surface area contributed by atoms with Gasteiger partial charge in [0.15, 0.2) is 4.87 Å². The van der Waals surface area contributed by atoms with Crippen LogP contribution in [0, 0.1) is 0 Å². The maximum Gasteiger partial charge on any atom is 0.260 e. The lowest BCUT2D eigenvalue weighted by molar-refractivity contribution is -0.161. The molecule has 2 bridgehead atoms.